The van der Waals surface area contributed by atoms with Gasteiger partial charge in [-0.15, -0.1) is 0 Å². The highest BCUT2D eigenvalue weighted by Gasteiger charge is 2.07. The van der Waals surface area contributed by atoms with Crippen LogP contribution in [0.2, 0.25) is 0 Å². The molecule has 0 radical (unpaired) electrons. The van der Waals surface area contributed by atoms with Crippen LogP contribution in [-0.2, 0) is 4.79 Å². The van der Waals surface area contributed by atoms with Crippen molar-refractivity contribution in [2.75, 3.05) is 6.61 Å². The number of ether oxygens (including phenoxy) is 1. The van der Waals surface area contributed by atoms with Crippen molar-refractivity contribution in [1.82, 2.24) is 5.43 Å². The highest BCUT2D eigenvalue weighted by Crippen LogP contribution is 2.15. The zero-order valence-corrected chi connectivity index (χ0v) is 12.6. The summed E-state index contributed by atoms with van der Waals surface area (Å²) in [7, 11) is 0. The summed E-state index contributed by atoms with van der Waals surface area (Å²) in [5, 5.41) is 13.3. The molecule has 120 valence electrons. The van der Waals surface area contributed by atoms with Gasteiger partial charge in [0.1, 0.15) is 5.75 Å². The molecule has 0 aromatic heterocycles. The van der Waals surface area contributed by atoms with Crippen molar-refractivity contribution in [3.63, 3.8) is 0 Å². The van der Waals surface area contributed by atoms with Gasteiger partial charge in [0.05, 0.1) is 5.71 Å². The second-order valence-corrected chi connectivity index (χ2v) is 4.71. The van der Waals surface area contributed by atoms with E-state index in [1.807, 2.05) is 6.92 Å². The normalized spacial score (nSPS) is 11.1. The smallest absolute Gasteiger partial charge is 0.277 e. The van der Waals surface area contributed by atoms with Crippen LogP contribution in [-0.4, -0.2) is 23.3 Å². The molecule has 0 bridgehead atoms. The molecule has 0 unspecified atom stereocenters. The van der Waals surface area contributed by atoms with Crippen LogP contribution in [0.3, 0.4) is 0 Å². The monoisotopic (exact) mass is 316 g/mol. The van der Waals surface area contributed by atoms with Crippen LogP contribution in [0.4, 0.5) is 4.39 Å². The quantitative estimate of drug-likeness (QED) is 0.636. The predicted molar refractivity (Wildman–Crippen MR) is 85.0 cm³/mol. The Balaban J connectivity index is 1.93. The number of halogens is 1. The SMILES string of the molecule is CC/C(=N\NC(=O)COc1ccccc1F)c1ccc(O)cc1. The second-order valence-electron chi connectivity index (χ2n) is 4.71. The third-order valence-electron chi connectivity index (χ3n) is 3.05. The fourth-order valence-electron chi connectivity index (χ4n) is 1.87. The van der Waals surface area contributed by atoms with E-state index in [2.05, 4.69) is 10.5 Å². The predicted octanol–water partition coefficient (Wildman–Crippen LogP) is 2.84. The Hall–Kier alpha value is -2.89. The van der Waals surface area contributed by atoms with Gasteiger partial charge in [0.25, 0.3) is 5.91 Å². The molecule has 0 saturated heterocycles. The van der Waals surface area contributed by atoms with Gasteiger partial charge in [-0.25, -0.2) is 9.82 Å². The first-order valence-corrected chi connectivity index (χ1v) is 7.12. The summed E-state index contributed by atoms with van der Waals surface area (Å²) >= 11 is 0. The first-order chi connectivity index (χ1) is 11.1. The molecule has 5 nitrogen and oxygen atoms in total. The second kappa shape index (κ2) is 7.93. The zero-order valence-electron chi connectivity index (χ0n) is 12.6. The van der Waals surface area contributed by atoms with E-state index in [4.69, 9.17) is 4.74 Å². The molecule has 0 fully saturated rings. The maximum atomic E-state index is 13.4. The highest BCUT2D eigenvalue weighted by atomic mass is 19.1. The third-order valence-corrected chi connectivity index (χ3v) is 3.05. The summed E-state index contributed by atoms with van der Waals surface area (Å²) in [6.07, 6.45) is 0.596. The van der Waals surface area contributed by atoms with Crippen LogP contribution in [0.5, 0.6) is 11.5 Å². The molecule has 6 heteroatoms. The van der Waals surface area contributed by atoms with E-state index in [0.717, 1.165) is 5.56 Å². The standard InChI is InChI=1S/C17H17FN2O3/c1-2-15(12-7-9-13(21)10-8-12)19-20-17(22)11-23-16-6-4-3-5-14(16)18/h3-10,21H,2,11H2,1H3,(H,20,22)/b19-15+. The molecule has 0 aliphatic rings. The number of aromatic hydroxyl groups is 1. The van der Waals surface area contributed by atoms with E-state index in [-0.39, 0.29) is 18.1 Å². The molecule has 1 amide bonds. The molecule has 0 spiro atoms. The number of rotatable bonds is 6. The van der Waals surface area contributed by atoms with Crippen molar-refractivity contribution in [2.24, 2.45) is 5.10 Å². The Morgan fingerprint density at radius 2 is 1.91 bits per heavy atom. The number of benzene rings is 2. The van der Waals surface area contributed by atoms with Crippen LogP contribution in [0, 0.1) is 5.82 Å². The molecule has 23 heavy (non-hydrogen) atoms. The molecular weight excluding hydrogens is 299 g/mol. The molecule has 2 N–H and O–H groups in total. The largest absolute Gasteiger partial charge is 0.508 e. The fraction of sp³-hybridized carbons (Fsp3) is 0.176. The molecule has 0 heterocycles. The van der Waals surface area contributed by atoms with Gasteiger partial charge in [-0.05, 0) is 48.4 Å². The first kappa shape index (κ1) is 16.5. The maximum absolute atomic E-state index is 13.4. The minimum atomic E-state index is -0.526. The summed E-state index contributed by atoms with van der Waals surface area (Å²) < 4.78 is 18.5. The van der Waals surface area contributed by atoms with Crippen LogP contribution >= 0.6 is 0 Å². The summed E-state index contributed by atoms with van der Waals surface area (Å²) in [5.74, 6) is -0.840. The van der Waals surface area contributed by atoms with Crippen molar-refractivity contribution in [3.05, 3.63) is 59.9 Å². The van der Waals surface area contributed by atoms with Gasteiger partial charge < -0.3 is 9.84 Å². The Labute approximate surface area is 133 Å². The molecule has 2 aromatic carbocycles. The van der Waals surface area contributed by atoms with Gasteiger partial charge >= 0.3 is 0 Å². The molecule has 2 aromatic rings. The van der Waals surface area contributed by atoms with Crippen molar-refractivity contribution in [3.8, 4) is 11.5 Å². The number of hydrazone groups is 1. The van der Waals surface area contributed by atoms with Crippen molar-refractivity contribution >= 4 is 11.6 Å². The first-order valence-electron chi connectivity index (χ1n) is 7.12. The fourth-order valence-corrected chi connectivity index (χ4v) is 1.87. The van der Waals surface area contributed by atoms with Gasteiger partial charge in [-0.2, -0.15) is 5.10 Å². The van der Waals surface area contributed by atoms with Gasteiger partial charge in [0, 0.05) is 0 Å². The van der Waals surface area contributed by atoms with Crippen molar-refractivity contribution in [2.45, 2.75) is 13.3 Å². The molecular formula is C17H17FN2O3. The Bertz CT molecular complexity index is 699. The number of phenols is 1. The molecule has 0 atom stereocenters. The van der Waals surface area contributed by atoms with Gasteiger partial charge in [-0.1, -0.05) is 19.1 Å². The zero-order chi connectivity index (χ0) is 16.7. The Morgan fingerprint density at radius 1 is 1.22 bits per heavy atom. The number of nitrogens with zero attached hydrogens (tertiary/aromatic N) is 1. The Kier molecular flexibility index (Phi) is 5.68. The van der Waals surface area contributed by atoms with Crippen LogP contribution < -0.4 is 10.2 Å². The van der Waals surface area contributed by atoms with Crippen LogP contribution in [0.1, 0.15) is 18.9 Å². The maximum Gasteiger partial charge on any atom is 0.277 e. The van der Waals surface area contributed by atoms with E-state index >= 15 is 0 Å². The third kappa shape index (κ3) is 4.81. The van der Waals surface area contributed by atoms with Gasteiger partial charge in [-0.3, -0.25) is 4.79 Å². The topological polar surface area (TPSA) is 70.9 Å². The van der Waals surface area contributed by atoms with E-state index in [1.165, 1.54) is 18.2 Å². The van der Waals surface area contributed by atoms with Crippen LogP contribution in [0.25, 0.3) is 0 Å². The lowest BCUT2D eigenvalue weighted by Crippen LogP contribution is -2.26. The van der Waals surface area contributed by atoms with E-state index in [9.17, 15) is 14.3 Å². The number of hydrogen-bond acceptors (Lipinski definition) is 4. The summed E-state index contributed by atoms with van der Waals surface area (Å²) in [4.78, 5) is 11.7. The average Bonchev–Trinajstić information content (AvgIpc) is 2.56. The molecule has 0 saturated carbocycles. The molecule has 2 rings (SSSR count). The average molecular weight is 316 g/mol. The van der Waals surface area contributed by atoms with Gasteiger partial charge in [0.15, 0.2) is 18.2 Å². The number of carbonyl (C=O) groups excluding carboxylic acids is 1. The lowest BCUT2D eigenvalue weighted by atomic mass is 10.1. The molecule has 0 aliphatic heterocycles. The number of nitrogens with one attached hydrogen (secondary N) is 1. The lowest BCUT2D eigenvalue weighted by molar-refractivity contribution is -0.123. The number of para-hydroxylation sites is 1. The highest BCUT2D eigenvalue weighted by molar-refractivity contribution is 6.01. The lowest BCUT2D eigenvalue weighted by Gasteiger charge is -2.07. The summed E-state index contributed by atoms with van der Waals surface area (Å²) in [6.45, 7) is 1.56. The number of amides is 1. The Morgan fingerprint density at radius 3 is 2.57 bits per heavy atom. The summed E-state index contributed by atoms with van der Waals surface area (Å²) in [6, 6.07) is 12.4. The van der Waals surface area contributed by atoms with Crippen molar-refractivity contribution < 1.29 is 19.0 Å². The molecule has 0 aliphatic carbocycles. The number of phenolic OH excluding ortho intramolecular Hbond substituents is 1. The minimum absolute atomic E-state index is 0.0147. The van der Waals surface area contributed by atoms with Crippen molar-refractivity contribution in [1.29, 1.82) is 0 Å². The summed E-state index contributed by atoms with van der Waals surface area (Å²) in [5.41, 5.74) is 3.82. The number of carbonyl (C=O) groups is 1. The van der Waals surface area contributed by atoms with E-state index in [1.54, 1.807) is 30.3 Å². The van der Waals surface area contributed by atoms with E-state index < -0.39 is 11.7 Å². The van der Waals surface area contributed by atoms with Gasteiger partial charge in [0.2, 0.25) is 0 Å². The van der Waals surface area contributed by atoms with Crippen LogP contribution in [0.15, 0.2) is 53.6 Å². The van der Waals surface area contributed by atoms with E-state index in [0.29, 0.717) is 12.1 Å². The number of hydrogen-bond donors (Lipinski definition) is 2. The minimum Gasteiger partial charge on any atom is -0.508 e.